The minimum Gasteiger partial charge on any atom is -0.497 e. The molecule has 156 valence electrons. The second kappa shape index (κ2) is 8.66. The molecular weight excluding hydrogens is 390 g/mol. The molecule has 8 nitrogen and oxygen atoms in total. The molecule has 1 fully saturated rings. The summed E-state index contributed by atoms with van der Waals surface area (Å²) in [6, 6.07) is 8.07. The van der Waals surface area contributed by atoms with Crippen molar-refractivity contribution in [1.82, 2.24) is 14.6 Å². The zero-order chi connectivity index (χ0) is 20.4. The summed E-state index contributed by atoms with van der Waals surface area (Å²) in [5.74, 6) is 1.73. The lowest BCUT2D eigenvalue weighted by molar-refractivity contribution is -1.02. The van der Waals surface area contributed by atoms with Gasteiger partial charge in [0.15, 0.2) is 11.9 Å². The summed E-state index contributed by atoms with van der Waals surface area (Å²) < 4.78 is 7.02. The predicted molar refractivity (Wildman–Crippen MR) is 110 cm³/mol. The first-order valence-corrected chi connectivity index (χ1v) is 11.0. The number of thiazole rings is 1. The van der Waals surface area contributed by atoms with Crippen LogP contribution in [0.2, 0.25) is 0 Å². The second-order valence-corrected chi connectivity index (χ2v) is 8.47. The van der Waals surface area contributed by atoms with Crippen molar-refractivity contribution < 1.29 is 24.7 Å². The van der Waals surface area contributed by atoms with Crippen molar-refractivity contribution in [2.24, 2.45) is 0 Å². The highest BCUT2D eigenvalue weighted by atomic mass is 32.1. The molecule has 29 heavy (non-hydrogen) atoms. The lowest BCUT2D eigenvalue weighted by Crippen LogP contribution is -3.28. The van der Waals surface area contributed by atoms with Gasteiger partial charge < -0.3 is 24.7 Å². The van der Waals surface area contributed by atoms with Crippen LogP contribution in [0.4, 0.5) is 0 Å². The molecule has 0 spiro atoms. The number of methoxy groups -OCH3 is 1. The van der Waals surface area contributed by atoms with E-state index in [-0.39, 0.29) is 18.5 Å². The molecule has 4 rings (SSSR count). The Morgan fingerprint density at radius 3 is 2.72 bits per heavy atom. The van der Waals surface area contributed by atoms with Crippen molar-refractivity contribution in [2.45, 2.75) is 19.4 Å². The molecular formula is C20H29N5O3S+2. The molecule has 2 aromatic heterocycles. The minimum atomic E-state index is -0.0145. The van der Waals surface area contributed by atoms with Gasteiger partial charge in [-0.05, 0) is 12.1 Å². The molecule has 1 aliphatic rings. The van der Waals surface area contributed by atoms with Crippen molar-refractivity contribution in [1.29, 1.82) is 0 Å². The van der Waals surface area contributed by atoms with Gasteiger partial charge in [-0.1, -0.05) is 30.4 Å². The number of nitrogens with zero attached hydrogens (tertiary/aromatic N) is 3. The highest BCUT2D eigenvalue weighted by molar-refractivity contribution is 7.17. The number of quaternary nitrogens is 2. The van der Waals surface area contributed by atoms with E-state index in [1.54, 1.807) is 11.6 Å². The number of piperazine rings is 1. The summed E-state index contributed by atoms with van der Waals surface area (Å²) in [6.07, 6.45) is 0.739. The lowest BCUT2D eigenvalue weighted by atomic mass is 10.0. The van der Waals surface area contributed by atoms with Crippen molar-refractivity contribution in [2.75, 3.05) is 46.4 Å². The highest BCUT2D eigenvalue weighted by Crippen LogP contribution is 2.35. The number of aliphatic hydroxyl groups excluding tert-OH is 1. The van der Waals surface area contributed by atoms with E-state index < -0.39 is 0 Å². The number of benzene rings is 1. The van der Waals surface area contributed by atoms with Crippen LogP contribution in [-0.4, -0.2) is 71.3 Å². The number of aromatic hydroxyl groups is 1. The van der Waals surface area contributed by atoms with Crippen molar-refractivity contribution >= 4 is 16.3 Å². The Balaban J connectivity index is 1.72. The molecule has 0 bridgehead atoms. The number of hydrogen-bond acceptors (Lipinski definition) is 6. The zero-order valence-corrected chi connectivity index (χ0v) is 17.7. The van der Waals surface area contributed by atoms with Crippen LogP contribution in [0.1, 0.15) is 29.2 Å². The maximum Gasteiger partial charge on any atom is 0.235 e. The standard InChI is InChI=1S/C20H27N5O3S/c1-3-16-21-20-25(22-16)19(27)18(29-20)17(14-5-4-6-15(13-14)28-2)24-9-7-23(8-10-24)11-12-26/h4-6,13,17,26-27H,3,7-12H2,1-2H3/p+2/t17-/m0/s1. The number of rotatable bonds is 7. The fourth-order valence-corrected chi connectivity index (χ4v) is 5.30. The molecule has 0 unspecified atom stereocenters. The molecule has 1 saturated heterocycles. The van der Waals surface area contributed by atoms with Crippen LogP contribution in [0.15, 0.2) is 24.3 Å². The first-order chi connectivity index (χ1) is 14.1. The summed E-state index contributed by atoms with van der Waals surface area (Å²) >= 11 is 1.51. The number of aliphatic hydroxyl groups is 1. The molecule has 0 radical (unpaired) electrons. The molecule has 1 aliphatic heterocycles. The molecule has 1 atom stereocenters. The predicted octanol–water partition coefficient (Wildman–Crippen LogP) is -1.07. The van der Waals surface area contributed by atoms with Crippen LogP contribution < -0.4 is 14.5 Å². The maximum atomic E-state index is 11.0. The van der Waals surface area contributed by atoms with Crippen LogP contribution in [-0.2, 0) is 6.42 Å². The van der Waals surface area contributed by atoms with E-state index in [4.69, 9.17) is 4.74 Å². The fraction of sp³-hybridized carbons (Fsp3) is 0.500. The molecule has 3 aromatic rings. The largest absolute Gasteiger partial charge is 0.497 e. The number of aromatic nitrogens is 3. The summed E-state index contributed by atoms with van der Waals surface area (Å²) in [4.78, 5) is 8.99. The first-order valence-electron chi connectivity index (χ1n) is 10.1. The average Bonchev–Trinajstić information content (AvgIpc) is 3.29. The van der Waals surface area contributed by atoms with Crippen LogP contribution in [0.3, 0.4) is 0 Å². The van der Waals surface area contributed by atoms with Gasteiger partial charge in [0.2, 0.25) is 10.8 Å². The SMILES string of the molecule is CCc1nc2sc([C@H](c3cccc(OC)c3)[NH+]3CC[NH+](CCO)CC3)c(O)n2n1. The Bertz CT molecular complexity index is 964. The summed E-state index contributed by atoms with van der Waals surface area (Å²) in [5, 5.41) is 24.7. The Morgan fingerprint density at radius 1 is 1.28 bits per heavy atom. The first kappa shape index (κ1) is 20.1. The Morgan fingerprint density at radius 2 is 2.07 bits per heavy atom. The Kier molecular flexibility index (Phi) is 6.00. The number of nitrogens with one attached hydrogen (secondary N) is 2. The molecule has 1 aromatic carbocycles. The van der Waals surface area contributed by atoms with E-state index >= 15 is 0 Å². The van der Waals surface area contributed by atoms with Crippen molar-refractivity contribution in [3.8, 4) is 11.6 Å². The quantitative estimate of drug-likeness (QED) is 0.392. The molecule has 0 aliphatic carbocycles. The van der Waals surface area contributed by atoms with Gasteiger partial charge in [-0.3, -0.25) is 0 Å². The highest BCUT2D eigenvalue weighted by Gasteiger charge is 2.36. The van der Waals surface area contributed by atoms with Crippen LogP contribution in [0.25, 0.3) is 4.96 Å². The molecule has 9 heteroatoms. The normalized spacial score (nSPS) is 20.8. The van der Waals surface area contributed by atoms with E-state index in [0.717, 1.165) is 66.1 Å². The van der Waals surface area contributed by atoms with Gasteiger partial charge >= 0.3 is 0 Å². The van der Waals surface area contributed by atoms with Gasteiger partial charge in [0.1, 0.15) is 43.4 Å². The topological polar surface area (TPSA) is 88.8 Å². The maximum absolute atomic E-state index is 11.0. The number of hydrogen-bond donors (Lipinski definition) is 4. The van der Waals surface area contributed by atoms with E-state index in [1.165, 1.54) is 21.1 Å². The third kappa shape index (κ3) is 3.95. The van der Waals surface area contributed by atoms with Gasteiger partial charge in [0, 0.05) is 12.0 Å². The third-order valence-corrected chi connectivity index (χ3v) is 6.81. The second-order valence-electron chi connectivity index (χ2n) is 7.46. The van der Waals surface area contributed by atoms with Crippen molar-refractivity contribution in [3.05, 3.63) is 40.5 Å². The summed E-state index contributed by atoms with van der Waals surface area (Å²) in [7, 11) is 1.67. The molecule has 4 N–H and O–H groups in total. The molecule has 0 saturated carbocycles. The van der Waals surface area contributed by atoms with Crippen molar-refractivity contribution in [3.63, 3.8) is 0 Å². The minimum absolute atomic E-state index is 0.0145. The van der Waals surface area contributed by atoms with E-state index in [9.17, 15) is 10.2 Å². The number of ether oxygens (including phenoxy) is 1. The van der Waals surface area contributed by atoms with Crippen LogP contribution in [0, 0.1) is 0 Å². The summed E-state index contributed by atoms with van der Waals surface area (Å²) in [5.41, 5.74) is 1.11. The number of aryl methyl sites for hydroxylation is 1. The van der Waals surface area contributed by atoms with Gasteiger partial charge in [-0.15, -0.1) is 5.10 Å². The van der Waals surface area contributed by atoms with Crippen LogP contribution in [0.5, 0.6) is 11.6 Å². The van der Waals surface area contributed by atoms with E-state index in [0.29, 0.717) is 0 Å². The van der Waals surface area contributed by atoms with Crippen LogP contribution >= 0.6 is 11.3 Å². The van der Waals surface area contributed by atoms with Gasteiger partial charge in [-0.25, -0.2) is 4.98 Å². The van der Waals surface area contributed by atoms with Gasteiger partial charge in [0.05, 0.1) is 13.7 Å². The molecule has 3 heterocycles. The third-order valence-electron chi connectivity index (χ3n) is 5.72. The number of fused-ring (bicyclic) bond motifs is 1. The Hall–Kier alpha value is -2.20. The summed E-state index contributed by atoms with van der Waals surface area (Å²) in [6.45, 7) is 6.94. The molecule has 0 amide bonds. The van der Waals surface area contributed by atoms with Gasteiger partial charge in [0.25, 0.3) is 0 Å². The monoisotopic (exact) mass is 419 g/mol. The Labute approximate surface area is 174 Å². The van der Waals surface area contributed by atoms with Gasteiger partial charge in [-0.2, -0.15) is 4.52 Å². The lowest BCUT2D eigenvalue weighted by Gasteiger charge is -2.34. The van der Waals surface area contributed by atoms with E-state index in [2.05, 4.69) is 22.2 Å². The zero-order valence-electron chi connectivity index (χ0n) is 16.9. The smallest absolute Gasteiger partial charge is 0.235 e. The van der Waals surface area contributed by atoms with E-state index in [1.807, 2.05) is 19.1 Å². The average molecular weight is 420 g/mol. The fourth-order valence-electron chi connectivity index (χ4n) is 4.14.